The van der Waals surface area contributed by atoms with Crippen LogP contribution in [0.3, 0.4) is 0 Å². The summed E-state index contributed by atoms with van der Waals surface area (Å²) in [5.41, 5.74) is 0.468. The van der Waals surface area contributed by atoms with Gasteiger partial charge in [0, 0.05) is 17.1 Å². The number of carbonyl (C=O) groups excluding carboxylic acids is 1. The molecular formula is C15H18N2O3. The summed E-state index contributed by atoms with van der Waals surface area (Å²) in [6.07, 6.45) is 1.74. The van der Waals surface area contributed by atoms with E-state index < -0.39 is 5.97 Å². The van der Waals surface area contributed by atoms with Gasteiger partial charge in [-0.25, -0.2) is 4.79 Å². The highest BCUT2D eigenvalue weighted by atomic mass is 16.4. The minimum absolute atomic E-state index is 0.102. The molecule has 0 unspecified atom stereocenters. The van der Waals surface area contributed by atoms with Crippen molar-refractivity contribution in [3.63, 3.8) is 0 Å². The molecule has 106 valence electrons. The van der Waals surface area contributed by atoms with Crippen LogP contribution in [0.4, 0.5) is 0 Å². The van der Waals surface area contributed by atoms with E-state index in [1.807, 2.05) is 32.9 Å². The van der Waals surface area contributed by atoms with E-state index in [-0.39, 0.29) is 23.6 Å². The largest absolute Gasteiger partial charge is 0.478 e. The number of benzene rings is 1. The lowest BCUT2D eigenvalue weighted by Gasteiger charge is -2.21. The number of carboxylic acid groups (broad SMARTS) is 1. The van der Waals surface area contributed by atoms with E-state index in [4.69, 9.17) is 0 Å². The number of aromatic carboxylic acids is 1. The van der Waals surface area contributed by atoms with Gasteiger partial charge in [0.25, 0.3) is 0 Å². The summed E-state index contributed by atoms with van der Waals surface area (Å²) < 4.78 is 1.67. The molecule has 0 aliphatic rings. The van der Waals surface area contributed by atoms with Gasteiger partial charge in [0.05, 0.1) is 11.1 Å². The zero-order chi connectivity index (χ0) is 14.9. The fourth-order valence-corrected chi connectivity index (χ4v) is 2.18. The molecule has 0 spiro atoms. The van der Waals surface area contributed by atoms with E-state index in [1.165, 1.54) is 0 Å². The van der Waals surface area contributed by atoms with Gasteiger partial charge in [0.2, 0.25) is 5.91 Å². The molecule has 0 radical (unpaired) electrons. The third-order valence-electron chi connectivity index (χ3n) is 2.85. The maximum absolute atomic E-state index is 12.0. The van der Waals surface area contributed by atoms with Gasteiger partial charge < -0.3 is 15.0 Å². The fourth-order valence-electron chi connectivity index (χ4n) is 2.18. The summed E-state index contributed by atoms with van der Waals surface area (Å²) in [4.78, 5) is 23.2. The van der Waals surface area contributed by atoms with E-state index in [2.05, 4.69) is 5.32 Å². The number of hydrogen-bond donors (Lipinski definition) is 2. The van der Waals surface area contributed by atoms with E-state index in [9.17, 15) is 14.7 Å². The number of nitrogens with zero attached hydrogens (tertiary/aromatic N) is 1. The van der Waals surface area contributed by atoms with Crippen molar-refractivity contribution in [3.05, 3.63) is 36.0 Å². The topological polar surface area (TPSA) is 71.3 Å². The van der Waals surface area contributed by atoms with Gasteiger partial charge in [-0.1, -0.05) is 12.1 Å². The first-order valence-corrected chi connectivity index (χ1v) is 6.40. The van der Waals surface area contributed by atoms with E-state index in [0.29, 0.717) is 5.52 Å². The Kier molecular flexibility index (Phi) is 3.53. The van der Waals surface area contributed by atoms with Crippen molar-refractivity contribution in [1.82, 2.24) is 9.88 Å². The van der Waals surface area contributed by atoms with Crippen LogP contribution in [-0.4, -0.2) is 27.1 Å². The van der Waals surface area contributed by atoms with Gasteiger partial charge in [0.1, 0.15) is 6.54 Å². The Labute approximate surface area is 117 Å². The quantitative estimate of drug-likeness (QED) is 0.901. The predicted molar refractivity (Wildman–Crippen MR) is 76.8 cm³/mol. The Hall–Kier alpha value is -2.30. The summed E-state index contributed by atoms with van der Waals surface area (Å²) in [6.45, 7) is 5.81. The molecule has 1 aromatic carbocycles. The van der Waals surface area contributed by atoms with Gasteiger partial charge in [-0.3, -0.25) is 4.79 Å². The van der Waals surface area contributed by atoms with Crippen molar-refractivity contribution in [3.8, 4) is 0 Å². The maximum atomic E-state index is 12.0. The van der Waals surface area contributed by atoms with Crippen LogP contribution < -0.4 is 5.32 Å². The molecule has 5 heteroatoms. The average Bonchev–Trinajstić information content (AvgIpc) is 2.69. The Morgan fingerprint density at radius 3 is 2.55 bits per heavy atom. The number of amides is 1. The van der Waals surface area contributed by atoms with Crippen molar-refractivity contribution < 1.29 is 14.7 Å². The third kappa shape index (κ3) is 2.99. The number of carboxylic acids is 1. The average molecular weight is 274 g/mol. The lowest BCUT2D eigenvalue weighted by atomic mass is 10.1. The van der Waals surface area contributed by atoms with Crippen LogP contribution >= 0.6 is 0 Å². The highest BCUT2D eigenvalue weighted by molar-refractivity contribution is 6.02. The lowest BCUT2D eigenvalue weighted by molar-refractivity contribution is -0.123. The standard InChI is InChI=1S/C15H18N2O3/c1-15(2,3)16-12(18)9-17-8-7-10-5-4-6-11(13(10)17)14(19)20/h4-8H,9H2,1-3H3,(H,16,18)(H,19,20). The molecule has 0 bridgehead atoms. The van der Waals surface area contributed by atoms with Crippen molar-refractivity contribution in [2.75, 3.05) is 0 Å². The normalized spacial score (nSPS) is 11.6. The van der Waals surface area contributed by atoms with Crippen molar-refractivity contribution in [2.24, 2.45) is 0 Å². The Morgan fingerprint density at radius 1 is 1.25 bits per heavy atom. The van der Waals surface area contributed by atoms with Crippen LogP contribution in [0.1, 0.15) is 31.1 Å². The zero-order valence-electron chi connectivity index (χ0n) is 11.8. The maximum Gasteiger partial charge on any atom is 0.337 e. The first-order valence-electron chi connectivity index (χ1n) is 6.40. The molecule has 0 saturated carbocycles. The van der Waals surface area contributed by atoms with Crippen molar-refractivity contribution in [1.29, 1.82) is 0 Å². The molecule has 0 saturated heterocycles. The van der Waals surface area contributed by atoms with Crippen molar-refractivity contribution >= 4 is 22.8 Å². The number of fused-ring (bicyclic) bond motifs is 1. The number of para-hydroxylation sites is 1. The number of hydrogen-bond acceptors (Lipinski definition) is 2. The summed E-state index contributed by atoms with van der Waals surface area (Å²) in [5, 5.41) is 12.9. The van der Waals surface area contributed by atoms with Crippen LogP contribution in [0.25, 0.3) is 10.9 Å². The second-order valence-electron chi connectivity index (χ2n) is 5.79. The highest BCUT2D eigenvalue weighted by Crippen LogP contribution is 2.20. The lowest BCUT2D eigenvalue weighted by Crippen LogP contribution is -2.42. The molecule has 1 amide bonds. The second-order valence-corrected chi connectivity index (χ2v) is 5.79. The Bertz CT molecular complexity index is 665. The molecule has 2 N–H and O–H groups in total. The number of nitrogens with one attached hydrogen (secondary N) is 1. The molecular weight excluding hydrogens is 256 g/mol. The van der Waals surface area contributed by atoms with Crippen LogP contribution in [0.2, 0.25) is 0 Å². The van der Waals surface area contributed by atoms with Gasteiger partial charge in [0.15, 0.2) is 0 Å². The van der Waals surface area contributed by atoms with Crippen LogP contribution in [0.15, 0.2) is 30.5 Å². The van der Waals surface area contributed by atoms with Gasteiger partial charge >= 0.3 is 5.97 Å². The molecule has 20 heavy (non-hydrogen) atoms. The first kappa shape index (κ1) is 14.1. The molecule has 1 aromatic heterocycles. The fraction of sp³-hybridized carbons (Fsp3) is 0.333. The molecule has 0 aliphatic heterocycles. The van der Waals surface area contributed by atoms with Gasteiger partial charge in [-0.05, 0) is 32.9 Å². The molecule has 5 nitrogen and oxygen atoms in total. The zero-order valence-corrected chi connectivity index (χ0v) is 11.8. The molecule has 1 heterocycles. The SMILES string of the molecule is CC(C)(C)NC(=O)Cn1ccc2cccc(C(=O)O)c21. The van der Waals surface area contributed by atoms with E-state index >= 15 is 0 Å². The molecule has 0 aliphatic carbocycles. The minimum Gasteiger partial charge on any atom is -0.478 e. The van der Waals surface area contributed by atoms with E-state index in [1.54, 1.807) is 22.9 Å². The number of rotatable bonds is 3. The smallest absolute Gasteiger partial charge is 0.337 e. The third-order valence-corrected chi connectivity index (χ3v) is 2.85. The molecule has 0 fully saturated rings. The molecule has 2 aromatic rings. The van der Waals surface area contributed by atoms with E-state index in [0.717, 1.165) is 5.39 Å². The Morgan fingerprint density at radius 2 is 1.95 bits per heavy atom. The van der Waals surface area contributed by atoms with Crippen LogP contribution in [-0.2, 0) is 11.3 Å². The second kappa shape index (κ2) is 5.00. The summed E-state index contributed by atoms with van der Waals surface area (Å²) >= 11 is 0. The Balaban J connectivity index is 2.36. The first-order chi connectivity index (χ1) is 9.28. The molecule has 0 atom stereocenters. The van der Waals surface area contributed by atoms with Gasteiger partial charge in [-0.15, -0.1) is 0 Å². The predicted octanol–water partition coefficient (Wildman–Crippen LogP) is 2.25. The highest BCUT2D eigenvalue weighted by Gasteiger charge is 2.17. The van der Waals surface area contributed by atoms with Gasteiger partial charge in [-0.2, -0.15) is 0 Å². The number of aromatic nitrogens is 1. The minimum atomic E-state index is -0.994. The van der Waals surface area contributed by atoms with Crippen molar-refractivity contribution in [2.45, 2.75) is 32.9 Å². The monoisotopic (exact) mass is 274 g/mol. The molecule has 2 rings (SSSR count). The summed E-state index contributed by atoms with van der Waals surface area (Å²) in [5.74, 6) is -1.14. The summed E-state index contributed by atoms with van der Waals surface area (Å²) in [7, 11) is 0. The number of carbonyl (C=O) groups is 2. The van der Waals surface area contributed by atoms with Crippen LogP contribution in [0.5, 0.6) is 0 Å². The summed E-state index contributed by atoms with van der Waals surface area (Å²) in [6, 6.07) is 6.89. The van der Waals surface area contributed by atoms with Crippen LogP contribution in [0, 0.1) is 0 Å².